The lowest BCUT2D eigenvalue weighted by molar-refractivity contribution is -0.161. The molecule has 3 aliphatic heterocycles. The van der Waals surface area contributed by atoms with Crippen LogP contribution in [0.2, 0.25) is 0 Å². The third kappa shape index (κ3) is 5.35. The first-order valence-electron chi connectivity index (χ1n) is 15.7. The minimum absolute atomic E-state index is 0.0725. The molecule has 43 heavy (non-hydrogen) atoms. The van der Waals surface area contributed by atoms with Gasteiger partial charge >= 0.3 is 0 Å². The number of hydrogen-bond donors (Lipinski definition) is 1. The van der Waals surface area contributed by atoms with Crippen molar-refractivity contribution in [3.05, 3.63) is 61.2 Å². The molecule has 3 amide bonds. The second kappa shape index (κ2) is 12.2. The minimum Gasteiger partial charge on any atom is -0.394 e. The molecule has 2 bridgehead atoms. The van der Waals surface area contributed by atoms with Gasteiger partial charge in [0, 0.05) is 25.2 Å². The average Bonchev–Trinajstić information content (AvgIpc) is 3.47. The number of aliphatic hydroxyl groups is 1. The molecule has 0 aliphatic carbocycles. The van der Waals surface area contributed by atoms with Crippen molar-refractivity contribution >= 4 is 17.7 Å². The highest BCUT2D eigenvalue weighted by Gasteiger charge is 2.80. The predicted octanol–water partition coefficient (Wildman–Crippen LogP) is 4.43. The van der Waals surface area contributed by atoms with E-state index in [1.165, 1.54) is 0 Å². The molecule has 0 radical (unpaired) electrons. The van der Waals surface area contributed by atoms with Crippen LogP contribution in [0, 0.1) is 23.7 Å². The van der Waals surface area contributed by atoms with Crippen molar-refractivity contribution in [1.29, 1.82) is 0 Å². The van der Waals surface area contributed by atoms with Crippen molar-refractivity contribution < 1.29 is 24.2 Å². The first-order valence-corrected chi connectivity index (χ1v) is 15.7. The number of nitrogens with zero attached hydrogens (tertiary/aromatic N) is 3. The zero-order chi connectivity index (χ0) is 31.9. The Labute approximate surface area is 257 Å². The summed E-state index contributed by atoms with van der Waals surface area (Å²) in [6.07, 6.45) is 4.58. The molecular weight excluding hydrogens is 542 g/mol. The molecule has 3 aliphatic rings. The van der Waals surface area contributed by atoms with E-state index in [9.17, 15) is 19.5 Å². The molecule has 0 aromatic heterocycles. The molecule has 1 N–H and O–H groups in total. The van der Waals surface area contributed by atoms with E-state index in [1.54, 1.807) is 26.9 Å². The van der Waals surface area contributed by atoms with Gasteiger partial charge in [-0.3, -0.25) is 14.4 Å². The third-order valence-electron chi connectivity index (χ3n) is 10.4. The van der Waals surface area contributed by atoms with Gasteiger partial charge in [-0.25, -0.2) is 0 Å². The van der Waals surface area contributed by atoms with Crippen molar-refractivity contribution in [2.45, 2.75) is 96.7 Å². The second-order valence-electron chi connectivity index (χ2n) is 14.0. The van der Waals surface area contributed by atoms with E-state index in [-0.39, 0.29) is 36.2 Å². The lowest BCUT2D eigenvalue weighted by Crippen LogP contribution is -2.62. The SMILES string of the molecule is C=CCN(Cc1ccccc1)C(=O)[C@@H]1[C@H]2C(=O)N([C@@H](CO)[C@@H](C)CC)C(C(=O)N(CC=C)C(C)(C)C)C23CC(C)[C@@]1(C)O3. The summed E-state index contributed by atoms with van der Waals surface area (Å²) in [7, 11) is 0. The molecule has 1 spiro atoms. The molecule has 3 unspecified atom stereocenters. The van der Waals surface area contributed by atoms with Gasteiger partial charge in [0.1, 0.15) is 11.6 Å². The summed E-state index contributed by atoms with van der Waals surface area (Å²) in [5, 5.41) is 10.7. The van der Waals surface area contributed by atoms with E-state index in [0.29, 0.717) is 32.5 Å². The number of carbonyl (C=O) groups excluding carboxylic acids is 3. The maximum atomic E-state index is 14.8. The van der Waals surface area contributed by atoms with Crippen LogP contribution in [0.25, 0.3) is 0 Å². The highest BCUT2D eigenvalue weighted by Crippen LogP contribution is 2.66. The standard InChI is InChI=1S/C35H51N3O5/c1-10-18-36(21-25-16-14-13-15-17-25)30(40)27-28-31(41)38(26(22-39)23(4)12-3)29(32(42)37(19-11-2)33(6,7)8)35(28)20-24(5)34(27,9)43-35/h10-11,13-17,23-24,26-29,39H,1-2,12,18-22H2,3-9H3/t23-,24?,26-,27-,28-,29?,34+,35?/m0/s1. The first kappa shape index (κ1) is 32.9. The fraction of sp³-hybridized carbons (Fsp3) is 0.629. The summed E-state index contributed by atoms with van der Waals surface area (Å²) in [6, 6.07) is 8.20. The zero-order valence-electron chi connectivity index (χ0n) is 27.1. The number of ether oxygens (including phenoxy) is 1. The van der Waals surface area contributed by atoms with Gasteiger partial charge in [0.05, 0.1) is 30.1 Å². The summed E-state index contributed by atoms with van der Waals surface area (Å²) in [5.74, 6) is -2.47. The molecule has 4 rings (SSSR count). The molecule has 8 nitrogen and oxygen atoms in total. The first-order chi connectivity index (χ1) is 20.2. The molecule has 1 aromatic rings. The van der Waals surface area contributed by atoms with Crippen molar-refractivity contribution in [3.8, 4) is 0 Å². The number of fused-ring (bicyclic) bond motifs is 1. The Hall–Kier alpha value is -2.97. The fourth-order valence-corrected chi connectivity index (χ4v) is 7.86. The van der Waals surface area contributed by atoms with Crippen molar-refractivity contribution in [3.63, 3.8) is 0 Å². The summed E-state index contributed by atoms with van der Waals surface area (Å²) < 4.78 is 6.99. The van der Waals surface area contributed by atoms with Gasteiger partial charge in [-0.15, -0.1) is 13.2 Å². The van der Waals surface area contributed by atoms with Crippen LogP contribution in [0.5, 0.6) is 0 Å². The summed E-state index contributed by atoms with van der Waals surface area (Å²) >= 11 is 0. The molecule has 8 heteroatoms. The fourth-order valence-electron chi connectivity index (χ4n) is 7.86. The van der Waals surface area contributed by atoms with E-state index in [0.717, 1.165) is 5.56 Å². The van der Waals surface area contributed by atoms with Crippen LogP contribution in [-0.4, -0.2) is 86.0 Å². The van der Waals surface area contributed by atoms with Gasteiger partial charge in [0.25, 0.3) is 0 Å². The largest absolute Gasteiger partial charge is 0.394 e. The maximum Gasteiger partial charge on any atom is 0.249 e. The van der Waals surface area contributed by atoms with Crippen LogP contribution in [0.15, 0.2) is 55.6 Å². The van der Waals surface area contributed by atoms with Crippen LogP contribution in [-0.2, 0) is 25.7 Å². The lowest BCUT2D eigenvalue weighted by Gasteiger charge is -2.44. The minimum atomic E-state index is -1.19. The number of rotatable bonds is 12. The molecule has 8 atom stereocenters. The molecule has 236 valence electrons. The van der Waals surface area contributed by atoms with E-state index in [1.807, 2.05) is 71.9 Å². The van der Waals surface area contributed by atoms with Gasteiger partial charge in [0.15, 0.2) is 0 Å². The van der Waals surface area contributed by atoms with Gasteiger partial charge < -0.3 is 24.5 Å². The Bertz CT molecular complexity index is 1230. The van der Waals surface area contributed by atoms with Gasteiger partial charge in [0.2, 0.25) is 17.7 Å². The summed E-state index contributed by atoms with van der Waals surface area (Å²) in [6.45, 7) is 22.4. The maximum absolute atomic E-state index is 14.8. The Morgan fingerprint density at radius 3 is 2.33 bits per heavy atom. The number of benzene rings is 1. The molecule has 1 aromatic carbocycles. The van der Waals surface area contributed by atoms with Gasteiger partial charge in [-0.2, -0.15) is 0 Å². The Kier molecular flexibility index (Phi) is 9.34. The molecule has 3 heterocycles. The third-order valence-corrected chi connectivity index (χ3v) is 10.4. The predicted molar refractivity (Wildman–Crippen MR) is 168 cm³/mol. The number of amides is 3. The quantitative estimate of drug-likeness (QED) is 0.362. The normalized spacial score (nSPS) is 31.0. The highest BCUT2D eigenvalue weighted by atomic mass is 16.5. The van der Waals surface area contributed by atoms with Crippen molar-refractivity contribution in [2.75, 3.05) is 19.7 Å². The average molecular weight is 594 g/mol. The van der Waals surface area contributed by atoms with Gasteiger partial charge in [-0.05, 0) is 51.5 Å². The van der Waals surface area contributed by atoms with E-state index in [4.69, 9.17) is 4.74 Å². The van der Waals surface area contributed by atoms with E-state index in [2.05, 4.69) is 20.1 Å². The lowest BCUT2D eigenvalue weighted by atomic mass is 9.62. The van der Waals surface area contributed by atoms with Gasteiger partial charge in [-0.1, -0.05) is 69.7 Å². The van der Waals surface area contributed by atoms with Crippen LogP contribution >= 0.6 is 0 Å². The van der Waals surface area contributed by atoms with E-state index >= 15 is 0 Å². The van der Waals surface area contributed by atoms with Crippen molar-refractivity contribution in [2.24, 2.45) is 23.7 Å². The summed E-state index contributed by atoms with van der Waals surface area (Å²) in [4.78, 5) is 49.3. The van der Waals surface area contributed by atoms with Crippen LogP contribution < -0.4 is 0 Å². The number of aliphatic hydroxyl groups excluding tert-OH is 1. The number of hydrogen-bond acceptors (Lipinski definition) is 5. The van der Waals surface area contributed by atoms with Crippen LogP contribution in [0.1, 0.15) is 66.9 Å². The highest BCUT2D eigenvalue weighted by molar-refractivity contribution is 5.99. The zero-order valence-corrected chi connectivity index (χ0v) is 27.1. The number of carbonyl (C=O) groups is 3. The Balaban J connectivity index is 1.87. The number of likely N-dealkylation sites (tertiary alicyclic amines) is 1. The second-order valence-corrected chi connectivity index (χ2v) is 14.0. The smallest absolute Gasteiger partial charge is 0.249 e. The topological polar surface area (TPSA) is 90.4 Å². The van der Waals surface area contributed by atoms with Crippen molar-refractivity contribution in [1.82, 2.24) is 14.7 Å². The molecule has 3 saturated heterocycles. The molecule has 3 fully saturated rings. The van der Waals surface area contributed by atoms with Crippen LogP contribution in [0.3, 0.4) is 0 Å². The monoisotopic (exact) mass is 593 g/mol. The summed E-state index contributed by atoms with van der Waals surface area (Å²) in [5.41, 5.74) is -1.71. The molecular formula is C35H51N3O5. The Morgan fingerprint density at radius 2 is 1.79 bits per heavy atom. The van der Waals surface area contributed by atoms with E-state index < -0.39 is 40.7 Å². The Morgan fingerprint density at radius 1 is 1.16 bits per heavy atom. The molecule has 0 saturated carbocycles. The van der Waals surface area contributed by atoms with Crippen LogP contribution in [0.4, 0.5) is 0 Å².